The summed E-state index contributed by atoms with van der Waals surface area (Å²) in [6.07, 6.45) is 0.894. The number of nitrogens with one attached hydrogen (secondary N) is 1. The van der Waals surface area contributed by atoms with Gasteiger partial charge in [-0.25, -0.2) is 4.39 Å². The molecule has 114 valence electrons. The number of para-hydroxylation sites is 1. The minimum absolute atomic E-state index is 0.121. The molecule has 6 heteroatoms. The first-order valence-electron chi connectivity index (χ1n) is 7.14. The van der Waals surface area contributed by atoms with Gasteiger partial charge in [-0.2, -0.15) is 0 Å². The van der Waals surface area contributed by atoms with Gasteiger partial charge < -0.3 is 10.2 Å². The van der Waals surface area contributed by atoms with E-state index in [9.17, 15) is 14.5 Å². The molecular formula is C16H16FN3O2. The summed E-state index contributed by atoms with van der Waals surface area (Å²) in [5, 5.41) is 13.8. The number of hydrogen-bond acceptors (Lipinski definition) is 4. The van der Waals surface area contributed by atoms with Gasteiger partial charge in [-0.3, -0.25) is 10.1 Å². The van der Waals surface area contributed by atoms with Crippen LogP contribution in [-0.4, -0.2) is 24.1 Å². The van der Waals surface area contributed by atoms with E-state index < -0.39 is 10.7 Å². The molecule has 0 spiro atoms. The predicted molar refractivity (Wildman–Crippen MR) is 83.7 cm³/mol. The van der Waals surface area contributed by atoms with E-state index in [-0.39, 0.29) is 11.7 Å². The standard InChI is InChI=1S/C16H16FN3O2/c17-15-10-14(20(21)22)6-7-16(15)18-12-8-9-19(11-12)13-4-2-1-3-5-13/h1-7,10,12,18H,8-9,11H2. The van der Waals surface area contributed by atoms with Gasteiger partial charge >= 0.3 is 0 Å². The van der Waals surface area contributed by atoms with E-state index in [1.807, 2.05) is 18.2 Å². The van der Waals surface area contributed by atoms with E-state index in [2.05, 4.69) is 22.3 Å². The Kier molecular flexibility index (Phi) is 3.91. The zero-order valence-electron chi connectivity index (χ0n) is 11.9. The van der Waals surface area contributed by atoms with Gasteiger partial charge in [0.2, 0.25) is 0 Å². The van der Waals surface area contributed by atoms with Crippen LogP contribution in [0.3, 0.4) is 0 Å². The van der Waals surface area contributed by atoms with E-state index in [1.54, 1.807) is 0 Å². The molecule has 1 fully saturated rings. The van der Waals surface area contributed by atoms with Crippen LogP contribution in [0.1, 0.15) is 6.42 Å². The van der Waals surface area contributed by atoms with Gasteiger partial charge in [0.15, 0.2) is 5.82 Å². The molecule has 2 aromatic carbocycles. The van der Waals surface area contributed by atoms with Crippen molar-refractivity contribution in [3.63, 3.8) is 0 Å². The van der Waals surface area contributed by atoms with E-state index in [1.165, 1.54) is 12.1 Å². The molecule has 0 amide bonds. The minimum Gasteiger partial charge on any atom is -0.378 e. The first-order valence-corrected chi connectivity index (χ1v) is 7.14. The third-order valence-corrected chi connectivity index (χ3v) is 3.83. The molecule has 0 bridgehead atoms. The maximum atomic E-state index is 13.9. The molecule has 1 N–H and O–H groups in total. The lowest BCUT2D eigenvalue weighted by Gasteiger charge is -2.19. The lowest BCUT2D eigenvalue weighted by molar-refractivity contribution is -0.385. The quantitative estimate of drug-likeness (QED) is 0.694. The number of rotatable bonds is 4. The molecule has 2 aromatic rings. The highest BCUT2D eigenvalue weighted by molar-refractivity contribution is 5.53. The normalized spacial score (nSPS) is 17.5. The van der Waals surface area contributed by atoms with Gasteiger partial charge in [0.05, 0.1) is 16.7 Å². The lowest BCUT2D eigenvalue weighted by atomic mass is 10.2. The number of nitrogens with zero attached hydrogens (tertiary/aromatic N) is 2. The molecule has 1 saturated heterocycles. The van der Waals surface area contributed by atoms with Gasteiger partial charge in [-0.05, 0) is 24.6 Å². The van der Waals surface area contributed by atoms with Crippen LogP contribution >= 0.6 is 0 Å². The molecule has 1 atom stereocenters. The number of nitro groups is 1. The summed E-state index contributed by atoms with van der Waals surface area (Å²) in [7, 11) is 0. The van der Waals surface area contributed by atoms with Gasteiger partial charge in [-0.1, -0.05) is 18.2 Å². The zero-order chi connectivity index (χ0) is 15.5. The van der Waals surface area contributed by atoms with Crippen LogP contribution in [0.25, 0.3) is 0 Å². The first kappa shape index (κ1) is 14.3. The fourth-order valence-corrected chi connectivity index (χ4v) is 2.71. The molecule has 5 nitrogen and oxygen atoms in total. The number of benzene rings is 2. The van der Waals surface area contributed by atoms with Crippen molar-refractivity contribution >= 4 is 17.1 Å². The second kappa shape index (κ2) is 6.01. The van der Waals surface area contributed by atoms with Crippen molar-refractivity contribution in [3.8, 4) is 0 Å². The summed E-state index contributed by atoms with van der Waals surface area (Å²) in [5.74, 6) is -0.590. The molecular weight excluding hydrogens is 285 g/mol. The largest absolute Gasteiger partial charge is 0.378 e. The summed E-state index contributed by atoms with van der Waals surface area (Å²) in [5.41, 5.74) is 1.22. The average Bonchev–Trinajstić information content (AvgIpc) is 2.98. The van der Waals surface area contributed by atoms with Crippen LogP contribution in [0.15, 0.2) is 48.5 Å². The van der Waals surface area contributed by atoms with Gasteiger partial charge in [-0.15, -0.1) is 0 Å². The predicted octanol–water partition coefficient (Wildman–Crippen LogP) is 3.42. The average molecular weight is 301 g/mol. The number of nitro benzene ring substituents is 1. The maximum absolute atomic E-state index is 13.9. The summed E-state index contributed by atoms with van der Waals surface area (Å²) < 4.78 is 13.9. The molecule has 0 radical (unpaired) electrons. The van der Waals surface area contributed by atoms with Crippen molar-refractivity contribution in [2.45, 2.75) is 12.5 Å². The Balaban J connectivity index is 1.66. The number of anilines is 2. The number of non-ortho nitro benzene ring substituents is 1. The highest BCUT2D eigenvalue weighted by atomic mass is 19.1. The second-order valence-electron chi connectivity index (χ2n) is 5.33. The Labute approximate surface area is 127 Å². The monoisotopic (exact) mass is 301 g/mol. The van der Waals surface area contributed by atoms with Crippen LogP contribution in [0, 0.1) is 15.9 Å². The lowest BCUT2D eigenvalue weighted by Crippen LogP contribution is -2.26. The van der Waals surface area contributed by atoms with Crippen molar-refractivity contribution in [2.75, 3.05) is 23.3 Å². The third-order valence-electron chi connectivity index (χ3n) is 3.83. The molecule has 1 heterocycles. The summed E-state index contributed by atoms with van der Waals surface area (Å²) >= 11 is 0. The van der Waals surface area contributed by atoms with Crippen LogP contribution in [0.2, 0.25) is 0 Å². The van der Waals surface area contributed by atoms with Crippen LogP contribution in [-0.2, 0) is 0 Å². The van der Waals surface area contributed by atoms with Crippen LogP contribution in [0.5, 0.6) is 0 Å². The topological polar surface area (TPSA) is 58.4 Å². The van der Waals surface area contributed by atoms with Crippen molar-refractivity contribution in [1.29, 1.82) is 0 Å². The minimum atomic E-state index is -0.598. The first-order chi connectivity index (χ1) is 10.6. The summed E-state index contributed by atoms with van der Waals surface area (Å²) in [6.45, 7) is 1.68. The Morgan fingerprint density at radius 1 is 1.23 bits per heavy atom. The van der Waals surface area contributed by atoms with E-state index in [0.29, 0.717) is 5.69 Å². The van der Waals surface area contributed by atoms with Crippen LogP contribution < -0.4 is 10.2 Å². The van der Waals surface area contributed by atoms with E-state index in [4.69, 9.17) is 0 Å². The molecule has 1 aliphatic heterocycles. The molecule has 1 aliphatic rings. The van der Waals surface area contributed by atoms with Gasteiger partial charge in [0, 0.05) is 30.9 Å². The van der Waals surface area contributed by atoms with Crippen molar-refractivity contribution in [1.82, 2.24) is 0 Å². The van der Waals surface area contributed by atoms with E-state index >= 15 is 0 Å². The molecule has 0 saturated carbocycles. The Hall–Kier alpha value is -2.63. The van der Waals surface area contributed by atoms with Crippen molar-refractivity contribution in [3.05, 3.63) is 64.5 Å². The third kappa shape index (κ3) is 3.00. The summed E-state index contributed by atoms with van der Waals surface area (Å²) in [6, 6.07) is 13.9. The van der Waals surface area contributed by atoms with Gasteiger partial charge in [0.1, 0.15) is 0 Å². The molecule has 22 heavy (non-hydrogen) atoms. The molecule has 3 rings (SSSR count). The number of halogens is 1. The molecule has 0 aliphatic carbocycles. The zero-order valence-corrected chi connectivity index (χ0v) is 11.9. The van der Waals surface area contributed by atoms with Crippen molar-refractivity contribution < 1.29 is 9.31 Å². The molecule has 0 aromatic heterocycles. The highest BCUT2D eigenvalue weighted by Crippen LogP contribution is 2.25. The fourth-order valence-electron chi connectivity index (χ4n) is 2.71. The summed E-state index contributed by atoms with van der Waals surface area (Å²) in [4.78, 5) is 12.3. The van der Waals surface area contributed by atoms with E-state index in [0.717, 1.165) is 31.3 Å². The number of hydrogen-bond donors (Lipinski definition) is 1. The second-order valence-corrected chi connectivity index (χ2v) is 5.33. The van der Waals surface area contributed by atoms with Gasteiger partial charge in [0.25, 0.3) is 5.69 Å². The highest BCUT2D eigenvalue weighted by Gasteiger charge is 2.23. The maximum Gasteiger partial charge on any atom is 0.272 e. The fraction of sp³-hybridized carbons (Fsp3) is 0.250. The van der Waals surface area contributed by atoms with Crippen LogP contribution in [0.4, 0.5) is 21.5 Å². The molecule has 1 unspecified atom stereocenters. The Bertz CT molecular complexity index is 678. The SMILES string of the molecule is O=[N+]([O-])c1ccc(NC2CCN(c3ccccc3)C2)c(F)c1. The Morgan fingerprint density at radius 3 is 2.68 bits per heavy atom. The smallest absolute Gasteiger partial charge is 0.272 e. The van der Waals surface area contributed by atoms with Crippen molar-refractivity contribution in [2.24, 2.45) is 0 Å². The Morgan fingerprint density at radius 2 is 2.00 bits per heavy atom.